The lowest BCUT2D eigenvalue weighted by atomic mass is 9.81. The minimum absolute atomic E-state index is 0.0594. The number of aliphatic hydroxyl groups excluding tert-OH is 1. The van der Waals surface area contributed by atoms with Gasteiger partial charge in [0.2, 0.25) is 5.95 Å². The minimum Gasteiger partial charge on any atom is -0.444 e. The monoisotopic (exact) mass is 646 g/mol. The van der Waals surface area contributed by atoms with Gasteiger partial charge < -0.3 is 34.4 Å². The van der Waals surface area contributed by atoms with Crippen molar-refractivity contribution in [2.75, 3.05) is 45.6 Å². The number of aromatic nitrogens is 4. The Kier molecular flexibility index (Phi) is 9.10. The third-order valence-corrected chi connectivity index (χ3v) is 9.37. The van der Waals surface area contributed by atoms with Gasteiger partial charge in [0.25, 0.3) is 11.8 Å². The van der Waals surface area contributed by atoms with Crippen molar-refractivity contribution < 1.29 is 24.2 Å². The van der Waals surface area contributed by atoms with E-state index in [1.165, 1.54) is 19.0 Å². The van der Waals surface area contributed by atoms with Crippen molar-refractivity contribution in [3.05, 3.63) is 41.9 Å². The van der Waals surface area contributed by atoms with E-state index in [1.807, 2.05) is 26.8 Å². The van der Waals surface area contributed by atoms with Gasteiger partial charge in [-0.2, -0.15) is 4.98 Å². The summed E-state index contributed by atoms with van der Waals surface area (Å²) >= 11 is 0. The van der Waals surface area contributed by atoms with Crippen LogP contribution in [-0.4, -0.2) is 109 Å². The number of nitrogens with one attached hydrogen (secondary N) is 1. The molecule has 13 nitrogen and oxygen atoms in total. The highest BCUT2D eigenvalue weighted by molar-refractivity contribution is 5.98. The van der Waals surface area contributed by atoms with Crippen molar-refractivity contribution in [2.45, 2.75) is 77.0 Å². The molecule has 3 aliphatic rings. The zero-order valence-electron chi connectivity index (χ0n) is 28.0. The highest BCUT2D eigenvalue weighted by Crippen LogP contribution is 2.34. The van der Waals surface area contributed by atoms with E-state index in [1.54, 1.807) is 47.1 Å². The Hall–Kier alpha value is -4.26. The molecule has 47 heavy (non-hydrogen) atoms. The van der Waals surface area contributed by atoms with E-state index in [-0.39, 0.29) is 29.7 Å². The second-order valence-corrected chi connectivity index (χ2v) is 14.4. The van der Waals surface area contributed by atoms with Gasteiger partial charge in [-0.05, 0) is 51.8 Å². The number of carbonyl (C=O) groups is 3. The first kappa shape index (κ1) is 32.7. The number of amides is 3. The zero-order valence-corrected chi connectivity index (χ0v) is 28.0. The predicted molar refractivity (Wildman–Crippen MR) is 177 cm³/mol. The number of likely N-dealkylation sites (tertiary alicyclic amines) is 2. The zero-order chi connectivity index (χ0) is 33.5. The first-order valence-corrected chi connectivity index (χ1v) is 16.7. The molecule has 2 aliphatic heterocycles. The molecule has 0 aromatic carbocycles. The summed E-state index contributed by atoms with van der Waals surface area (Å²) in [6.45, 7) is 6.81. The van der Waals surface area contributed by atoms with Crippen LogP contribution in [0.3, 0.4) is 0 Å². The first-order chi connectivity index (χ1) is 22.4. The molecular formula is C34H46N8O5. The number of ether oxygens (including phenoxy) is 1. The molecule has 13 heteroatoms. The molecule has 1 saturated carbocycles. The third-order valence-electron chi connectivity index (χ3n) is 9.37. The molecule has 2 saturated heterocycles. The lowest BCUT2D eigenvalue weighted by Gasteiger charge is -2.48. The van der Waals surface area contributed by atoms with Gasteiger partial charge in [0.05, 0.1) is 11.7 Å². The lowest BCUT2D eigenvalue weighted by Crippen LogP contribution is -2.62. The van der Waals surface area contributed by atoms with Gasteiger partial charge in [0.1, 0.15) is 22.8 Å². The Morgan fingerprint density at radius 1 is 0.936 bits per heavy atom. The summed E-state index contributed by atoms with van der Waals surface area (Å²) in [6, 6.07) is 5.51. The number of hydrogen-bond acceptors (Lipinski definition) is 9. The molecule has 2 N–H and O–H groups in total. The van der Waals surface area contributed by atoms with Crippen LogP contribution >= 0.6 is 0 Å². The van der Waals surface area contributed by atoms with Crippen LogP contribution in [0.1, 0.15) is 86.2 Å². The van der Waals surface area contributed by atoms with Crippen molar-refractivity contribution in [3.8, 4) is 0 Å². The van der Waals surface area contributed by atoms with Crippen LogP contribution in [0, 0.1) is 11.8 Å². The van der Waals surface area contributed by atoms with E-state index in [4.69, 9.17) is 9.72 Å². The Balaban J connectivity index is 1.15. The van der Waals surface area contributed by atoms with Gasteiger partial charge >= 0.3 is 6.09 Å². The quantitative estimate of drug-likeness (QED) is 0.384. The molecule has 3 aromatic heterocycles. The molecule has 3 amide bonds. The number of fused-ring (bicyclic) bond motifs is 3. The van der Waals surface area contributed by atoms with Crippen LogP contribution < -0.4 is 5.32 Å². The van der Waals surface area contributed by atoms with Crippen LogP contribution in [0.5, 0.6) is 0 Å². The third kappa shape index (κ3) is 7.04. The lowest BCUT2D eigenvalue weighted by molar-refractivity contribution is -0.0727. The highest BCUT2D eigenvalue weighted by atomic mass is 16.6. The number of rotatable bonds is 5. The summed E-state index contributed by atoms with van der Waals surface area (Å²) in [4.78, 5) is 58.1. The van der Waals surface area contributed by atoms with E-state index >= 15 is 0 Å². The van der Waals surface area contributed by atoms with Gasteiger partial charge in [0.15, 0.2) is 0 Å². The van der Waals surface area contributed by atoms with Crippen LogP contribution in [-0.2, 0) is 4.74 Å². The molecule has 0 spiro atoms. The standard InChI is InChI=1S/C34H46N8O5/c1-34(2,3)47-33(46)41-19-23-17-40(18-24(20-41)28(23)43)30(44)21-12-13-27(35-15-21)37-32-36-16-22-14-26(31(45)39(4)5)42(29(22)38-32)25-10-8-6-7-9-11-25/h12-16,23-25,28,43H,6-11,17-20H2,1-5H3,(H,35,36,37,38). The predicted octanol–water partition coefficient (Wildman–Crippen LogP) is 4.47. The number of nitrogens with zero attached hydrogens (tertiary/aromatic N) is 7. The fourth-order valence-electron chi connectivity index (χ4n) is 7.09. The molecule has 252 valence electrons. The fourth-order valence-corrected chi connectivity index (χ4v) is 7.09. The number of hydrogen-bond donors (Lipinski definition) is 2. The minimum atomic E-state index is -0.604. The molecule has 6 rings (SSSR count). The molecular weight excluding hydrogens is 600 g/mol. The molecule has 2 atom stereocenters. The fraction of sp³-hybridized carbons (Fsp3) is 0.588. The Morgan fingerprint density at radius 3 is 2.19 bits per heavy atom. The van der Waals surface area contributed by atoms with Crippen molar-refractivity contribution in [2.24, 2.45) is 11.8 Å². The maximum Gasteiger partial charge on any atom is 0.410 e. The second-order valence-electron chi connectivity index (χ2n) is 14.4. The molecule has 5 heterocycles. The SMILES string of the molecule is CN(C)C(=O)c1cc2cnc(Nc3ccc(C(=O)N4CC5CN(C(=O)OC(C)(C)C)CC(C4)C5O)cn3)nc2n1C1CCCCCC1. The van der Waals surface area contributed by atoms with Gasteiger partial charge in [-0.3, -0.25) is 9.59 Å². The van der Waals surface area contributed by atoms with Crippen molar-refractivity contribution in [3.63, 3.8) is 0 Å². The molecule has 0 radical (unpaired) electrons. The molecule has 2 unspecified atom stereocenters. The van der Waals surface area contributed by atoms with Gasteiger partial charge in [0, 0.05) is 75.9 Å². The van der Waals surface area contributed by atoms with Gasteiger partial charge in [-0.15, -0.1) is 0 Å². The summed E-state index contributed by atoms with van der Waals surface area (Å²) in [5.74, 6) is 0.0886. The number of pyridine rings is 1. The second kappa shape index (κ2) is 13.1. The Morgan fingerprint density at radius 2 is 1.60 bits per heavy atom. The van der Waals surface area contributed by atoms with E-state index in [2.05, 4.69) is 19.9 Å². The molecule has 3 aromatic rings. The Labute approximate surface area is 275 Å². The highest BCUT2D eigenvalue weighted by Gasteiger charge is 2.45. The number of carbonyl (C=O) groups excluding carboxylic acids is 3. The van der Waals surface area contributed by atoms with Crippen LogP contribution in [0.2, 0.25) is 0 Å². The average Bonchev–Trinajstić information content (AvgIpc) is 3.17. The van der Waals surface area contributed by atoms with Crippen molar-refractivity contribution in [1.82, 2.24) is 34.2 Å². The number of piperidine rings is 2. The summed E-state index contributed by atoms with van der Waals surface area (Å²) in [6.07, 6.45) is 8.92. The van der Waals surface area contributed by atoms with Crippen molar-refractivity contribution >= 4 is 40.7 Å². The number of aliphatic hydroxyl groups is 1. The van der Waals surface area contributed by atoms with Crippen LogP contribution in [0.25, 0.3) is 11.0 Å². The van der Waals surface area contributed by atoms with Crippen LogP contribution in [0.4, 0.5) is 16.6 Å². The summed E-state index contributed by atoms with van der Waals surface area (Å²) in [5.41, 5.74) is 1.16. The largest absolute Gasteiger partial charge is 0.444 e. The number of anilines is 2. The smallest absolute Gasteiger partial charge is 0.410 e. The van der Waals surface area contributed by atoms with Crippen molar-refractivity contribution in [1.29, 1.82) is 0 Å². The van der Waals surface area contributed by atoms with E-state index in [9.17, 15) is 19.5 Å². The summed E-state index contributed by atoms with van der Waals surface area (Å²) < 4.78 is 7.64. The summed E-state index contributed by atoms with van der Waals surface area (Å²) in [7, 11) is 3.52. The van der Waals surface area contributed by atoms with E-state index in [0.29, 0.717) is 49.2 Å². The average molecular weight is 647 g/mol. The van der Waals surface area contributed by atoms with Gasteiger partial charge in [-0.25, -0.2) is 14.8 Å². The van der Waals surface area contributed by atoms with E-state index in [0.717, 1.165) is 36.7 Å². The first-order valence-electron chi connectivity index (χ1n) is 16.7. The maximum absolute atomic E-state index is 13.5. The van der Waals surface area contributed by atoms with Gasteiger partial charge in [-0.1, -0.05) is 25.7 Å². The van der Waals surface area contributed by atoms with Crippen LogP contribution in [0.15, 0.2) is 30.6 Å². The molecule has 2 bridgehead atoms. The normalized spacial score (nSPS) is 22.1. The summed E-state index contributed by atoms with van der Waals surface area (Å²) in [5, 5.41) is 14.8. The molecule has 3 fully saturated rings. The topological polar surface area (TPSA) is 146 Å². The molecule has 1 aliphatic carbocycles. The Bertz CT molecular complexity index is 1610. The van der Waals surface area contributed by atoms with E-state index < -0.39 is 17.8 Å². The maximum atomic E-state index is 13.5.